The molecule has 3 aromatic rings. The van der Waals surface area contributed by atoms with Crippen molar-refractivity contribution >= 4 is 33.6 Å². The SMILES string of the molecule is O=[N+]([O-])c1c(NCc2nccs2)ccc2ncccc12. The second kappa shape index (κ2) is 5.22. The molecule has 0 bridgehead atoms. The van der Waals surface area contributed by atoms with Gasteiger partial charge in [-0.15, -0.1) is 11.3 Å². The lowest BCUT2D eigenvalue weighted by molar-refractivity contribution is -0.382. The molecule has 0 spiro atoms. The Hall–Kier alpha value is -2.54. The molecule has 2 heterocycles. The van der Waals surface area contributed by atoms with Crippen LogP contribution in [0.3, 0.4) is 0 Å². The largest absolute Gasteiger partial charge is 0.373 e. The highest BCUT2D eigenvalue weighted by Gasteiger charge is 2.18. The van der Waals surface area contributed by atoms with Crippen molar-refractivity contribution in [1.29, 1.82) is 0 Å². The van der Waals surface area contributed by atoms with Crippen LogP contribution in [0.5, 0.6) is 0 Å². The molecule has 0 atom stereocenters. The number of hydrogen-bond acceptors (Lipinski definition) is 6. The van der Waals surface area contributed by atoms with Gasteiger partial charge in [-0.3, -0.25) is 15.1 Å². The summed E-state index contributed by atoms with van der Waals surface area (Å²) in [5.74, 6) is 0. The molecule has 0 aliphatic carbocycles. The first kappa shape index (κ1) is 12.5. The highest BCUT2D eigenvalue weighted by Crippen LogP contribution is 2.32. The van der Waals surface area contributed by atoms with Crippen molar-refractivity contribution in [2.75, 3.05) is 5.32 Å². The Bertz CT molecular complexity index is 758. The molecular weight excluding hydrogens is 276 g/mol. The topological polar surface area (TPSA) is 81.0 Å². The number of rotatable bonds is 4. The number of anilines is 1. The van der Waals surface area contributed by atoms with Gasteiger partial charge in [-0.05, 0) is 24.3 Å². The fourth-order valence-electron chi connectivity index (χ4n) is 1.99. The molecule has 1 aromatic carbocycles. The summed E-state index contributed by atoms with van der Waals surface area (Å²) in [6, 6.07) is 6.85. The van der Waals surface area contributed by atoms with E-state index in [-0.39, 0.29) is 10.6 Å². The summed E-state index contributed by atoms with van der Waals surface area (Å²) in [4.78, 5) is 19.2. The van der Waals surface area contributed by atoms with Crippen molar-refractivity contribution < 1.29 is 4.92 Å². The lowest BCUT2D eigenvalue weighted by atomic mass is 10.1. The Labute approximate surface area is 118 Å². The Balaban J connectivity index is 2.01. The van der Waals surface area contributed by atoms with Gasteiger partial charge >= 0.3 is 5.69 Å². The minimum atomic E-state index is -0.381. The van der Waals surface area contributed by atoms with Gasteiger partial charge in [-0.1, -0.05) is 0 Å². The lowest BCUT2D eigenvalue weighted by Gasteiger charge is -2.07. The van der Waals surface area contributed by atoms with E-state index in [1.807, 2.05) is 5.38 Å². The minimum Gasteiger partial charge on any atom is -0.373 e. The number of nitrogens with one attached hydrogen (secondary N) is 1. The zero-order chi connectivity index (χ0) is 13.9. The van der Waals surface area contributed by atoms with Gasteiger partial charge in [0.15, 0.2) is 0 Å². The van der Waals surface area contributed by atoms with Crippen LogP contribution in [-0.4, -0.2) is 14.9 Å². The molecule has 3 rings (SSSR count). The smallest absolute Gasteiger partial charge is 0.301 e. The first-order valence-electron chi connectivity index (χ1n) is 5.90. The fourth-order valence-corrected chi connectivity index (χ4v) is 2.54. The summed E-state index contributed by atoms with van der Waals surface area (Å²) in [5.41, 5.74) is 1.14. The van der Waals surface area contributed by atoms with E-state index in [4.69, 9.17) is 0 Å². The maximum absolute atomic E-state index is 11.3. The van der Waals surface area contributed by atoms with Crippen molar-refractivity contribution in [2.24, 2.45) is 0 Å². The standard InChI is InChI=1S/C13H10N4O2S/c18-17(19)13-9-2-1-5-14-10(9)3-4-11(13)16-8-12-15-6-7-20-12/h1-7,16H,8H2. The van der Waals surface area contributed by atoms with Crippen LogP contribution in [0.4, 0.5) is 11.4 Å². The highest BCUT2D eigenvalue weighted by atomic mass is 32.1. The molecular formula is C13H10N4O2S. The fraction of sp³-hybridized carbons (Fsp3) is 0.0769. The van der Waals surface area contributed by atoms with Crippen molar-refractivity contribution in [3.63, 3.8) is 0 Å². The van der Waals surface area contributed by atoms with E-state index >= 15 is 0 Å². The summed E-state index contributed by atoms with van der Waals surface area (Å²) in [7, 11) is 0. The third-order valence-corrected chi connectivity index (χ3v) is 3.63. The maximum Gasteiger partial charge on any atom is 0.301 e. The molecule has 7 heteroatoms. The highest BCUT2D eigenvalue weighted by molar-refractivity contribution is 7.09. The summed E-state index contributed by atoms with van der Waals surface area (Å²) < 4.78 is 0. The molecule has 0 fully saturated rings. The molecule has 20 heavy (non-hydrogen) atoms. The lowest BCUT2D eigenvalue weighted by Crippen LogP contribution is -2.03. The molecule has 0 saturated heterocycles. The van der Waals surface area contributed by atoms with Crippen LogP contribution < -0.4 is 5.32 Å². The first-order valence-corrected chi connectivity index (χ1v) is 6.78. The first-order chi connectivity index (χ1) is 9.75. The van der Waals surface area contributed by atoms with Gasteiger partial charge < -0.3 is 5.32 Å². The van der Waals surface area contributed by atoms with Crippen molar-refractivity contribution in [3.8, 4) is 0 Å². The third-order valence-electron chi connectivity index (χ3n) is 2.85. The van der Waals surface area contributed by atoms with Crippen molar-refractivity contribution in [2.45, 2.75) is 6.54 Å². The number of fused-ring (bicyclic) bond motifs is 1. The predicted octanol–water partition coefficient (Wildman–Crippen LogP) is 3.21. The Morgan fingerprint density at radius 1 is 1.25 bits per heavy atom. The van der Waals surface area contributed by atoms with Crippen molar-refractivity contribution in [1.82, 2.24) is 9.97 Å². The van der Waals surface area contributed by atoms with Crippen LogP contribution in [0.25, 0.3) is 10.9 Å². The Kier molecular flexibility index (Phi) is 3.26. The van der Waals surface area contributed by atoms with Crippen LogP contribution >= 0.6 is 11.3 Å². The number of thiazole rings is 1. The van der Waals surface area contributed by atoms with Gasteiger partial charge in [0.2, 0.25) is 0 Å². The summed E-state index contributed by atoms with van der Waals surface area (Å²) in [6.45, 7) is 0.463. The predicted molar refractivity (Wildman–Crippen MR) is 77.8 cm³/mol. The van der Waals surface area contributed by atoms with E-state index in [1.165, 1.54) is 11.3 Å². The molecule has 0 aliphatic heterocycles. The normalized spacial score (nSPS) is 10.6. The number of nitro groups is 1. The summed E-state index contributed by atoms with van der Waals surface area (Å²) in [6.07, 6.45) is 3.33. The van der Waals surface area contributed by atoms with Gasteiger partial charge in [0.1, 0.15) is 10.7 Å². The number of pyridine rings is 1. The van der Waals surface area contributed by atoms with Gasteiger partial charge in [0.25, 0.3) is 0 Å². The van der Waals surface area contributed by atoms with E-state index < -0.39 is 0 Å². The zero-order valence-corrected chi connectivity index (χ0v) is 11.1. The minimum absolute atomic E-state index is 0.0483. The summed E-state index contributed by atoms with van der Waals surface area (Å²) >= 11 is 1.50. The number of hydrogen-bond donors (Lipinski definition) is 1. The molecule has 0 aliphatic rings. The van der Waals surface area contributed by atoms with Crippen LogP contribution in [0.15, 0.2) is 42.0 Å². The van der Waals surface area contributed by atoms with Crippen LogP contribution in [0.2, 0.25) is 0 Å². The summed E-state index contributed by atoms with van der Waals surface area (Å²) in [5, 5.41) is 17.7. The number of nitro benzene ring substituents is 1. The van der Waals surface area contributed by atoms with Gasteiger partial charge in [0.05, 0.1) is 22.4 Å². The molecule has 100 valence electrons. The average molecular weight is 286 g/mol. The Morgan fingerprint density at radius 3 is 2.90 bits per heavy atom. The molecule has 0 radical (unpaired) electrons. The van der Waals surface area contributed by atoms with E-state index in [0.29, 0.717) is 23.1 Å². The van der Waals surface area contributed by atoms with Crippen LogP contribution in [0, 0.1) is 10.1 Å². The third kappa shape index (κ3) is 2.30. The zero-order valence-electron chi connectivity index (χ0n) is 10.3. The van der Waals surface area contributed by atoms with Gasteiger partial charge in [-0.2, -0.15) is 0 Å². The van der Waals surface area contributed by atoms with Crippen LogP contribution in [0.1, 0.15) is 5.01 Å². The number of nitrogens with zero attached hydrogens (tertiary/aromatic N) is 3. The van der Waals surface area contributed by atoms with E-state index in [2.05, 4.69) is 15.3 Å². The maximum atomic E-state index is 11.3. The second-order valence-electron chi connectivity index (χ2n) is 4.07. The van der Waals surface area contributed by atoms with Crippen LogP contribution in [-0.2, 0) is 6.54 Å². The van der Waals surface area contributed by atoms with E-state index in [9.17, 15) is 10.1 Å². The van der Waals surface area contributed by atoms with E-state index in [1.54, 1.807) is 36.7 Å². The molecule has 0 saturated carbocycles. The van der Waals surface area contributed by atoms with Gasteiger partial charge in [-0.25, -0.2) is 4.98 Å². The molecule has 0 unspecified atom stereocenters. The van der Waals surface area contributed by atoms with E-state index in [0.717, 1.165) is 5.01 Å². The monoisotopic (exact) mass is 286 g/mol. The molecule has 1 N–H and O–H groups in total. The molecule has 0 amide bonds. The molecule has 2 aromatic heterocycles. The average Bonchev–Trinajstić information content (AvgIpc) is 2.97. The van der Waals surface area contributed by atoms with Gasteiger partial charge in [0, 0.05) is 17.8 Å². The quantitative estimate of drug-likeness (QED) is 0.588. The second-order valence-corrected chi connectivity index (χ2v) is 5.05. The molecule has 6 nitrogen and oxygen atoms in total. The van der Waals surface area contributed by atoms with Crippen molar-refractivity contribution in [3.05, 3.63) is 57.2 Å². The number of benzene rings is 1. The Morgan fingerprint density at radius 2 is 2.15 bits per heavy atom. The number of aromatic nitrogens is 2.